The number of benzene rings is 1. The van der Waals surface area contributed by atoms with Gasteiger partial charge in [0, 0.05) is 23.5 Å². The van der Waals surface area contributed by atoms with E-state index in [0.717, 1.165) is 43.4 Å². The Hall–Kier alpha value is -3.96. The third kappa shape index (κ3) is 4.53. The van der Waals surface area contributed by atoms with Crippen molar-refractivity contribution in [1.82, 2.24) is 9.97 Å². The molecule has 150 valence electrons. The van der Waals surface area contributed by atoms with E-state index in [9.17, 15) is 0 Å². The van der Waals surface area contributed by atoms with Crippen LogP contribution in [0.3, 0.4) is 0 Å². The summed E-state index contributed by atoms with van der Waals surface area (Å²) in [5.74, 6) is 12.9. The molecular weight excluding hydrogens is 428 g/mol. The molecule has 0 amide bonds. The van der Waals surface area contributed by atoms with Crippen molar-refractivity contribution in [2.75, 3.05) is 0 Å². The maximum atomic E-state index is 4.28. The number of hydrogen-bond donors (Lipinski definition) is 0. The maximum absolute atomic E-state index is 4.28. The van der Waals surface area contributed by atoms with Gasteiger partial charge in [0.1, 0.15) is 11.4 Å². The first-order valence-corrected chi connectivity index (χ1v) is 11.7. The van der Waals surface area contributed by atoms with E-state index in [1.807, 2.05) is 36.4 Å². The average Bonchev–Trinajstić information content (AvgIpc) is 3.52. The molecule has 0 saturated heterocycles. The van der Waals surface area contributed by atoms with Gasteiger partial charge in [-0.1, -0.05) is 36.4 Å². The second-order valence-corrected chi connectivity index (χ2v) is 8.67. The molecule has 5 aromatic rings. The summed E-state index contributed by atoms with van der Waals surface area (Å²) in [6, 6.07) is 24.4. The highest BCUT2D eigenvalue weighted by Gasteiger charge is 2.08. The van der Waals surface area contributed by atoms with E-state index in [1.54, 1.807) is 35.1 Å². The average molecular weight is 445 g/mol. The van der Waals surface area contributed by atoms with Crippen molar-refractivity contribution < 1.29 is 0 Å². The number of rotatable bonds is 2. The summed E-state index contributed by atoms with van der Waals surface area (Å²) in [7, 11) is 0. The molecule has 0 unspecified atom stereocenters. The number of pyridine rings is 2. The largest absolute Gasteiger partial charge is 0.248 e. The Morgan fingerprint density at radius 3 is 1.38 bits per heavy atom. The fraction of sp³-hybridized carbons (Fsp3) is 0. The van der Waals surface area contributed by atoms with E-state index in [-0.39, 0.29) is 0 Å². The number of hydrogen-bond acceptors (Lipinski definition) is 4. The summed E-state index contributed by atoms with van der Waals surface area (Å²) in [5.41, 5.74) is 6.14. The van der Waals surface area contributed by atoms with E-state index in [0.29, 0.717) is 0 Å². The van der Waals surface area contributed by atoms with Crippen LogP contribution in [0, 0.1) is 23.7 Å². The SMILES string of the molecule is C(#Cc1sccc1-c1ccc(-c2ccsc2C#Cc2ccccn2)cc1)c1ccccn1. The van der Waals surface area contributed by atoms with Crippen LogP contribution in [0.15, 0.2) is 96.0 Å². The zero-order valence-electron chi connectivity index (χ0n) is 16.9. The van der Waals surface area contributed by atoms with Crippen molar-refractivity contribution in [1.29, 1.82) is 0 Å². The lowest BCUT2D eigenvalue weighted by Gasteiger charge is -2.04. The summed E-state index contributed by atoms with van der Waals surface area (Å²) in [6.07, 6.45) is 3.52. The van der Waals surface area contributed by atoms with Gasteiger partial charge in [-0.15, -0.1) is 22.7 Å². The maximum Gasteiger partial charge on any atom is 0.113 e. The van der Waals surface area contributed by atoms with Crippen LogP contribution in [0.4, 0.5) is 0 Å². The number of thiophene rings is 2. The summed E-state index contributed by atoms with van der Waals surface area (Å²) in [5, 5.41) is 4.16. The van der Waals surface area contributed by atoms with Crippen LogP contribution in [-0.2, 0) is 0 Å². The zero-order valence-corrected chi connectivity index (χ0v) is 18.6. The van der Waals surface area contributed by atoms with Crippen LogP contribution < -0.4 is 0 Å². The lowest BCUT2D eigenvalue weighted by Crippen LogP contribution is -1.83. The Kier molecular flexibility index (Phi) is 5.90. The molecule has 0 N–H and O–H groups in total. The third-order valence-electron chi connectivity index (χ3n) is 4.78. The highest BCUT2D eigenvalue weighted by atomic mass is 32.1. The molecule has 4 heterocycles. The Labute approximate surface area is 195 Å². The quantitative estimate of drug-likeness (QED) is 0.282. The van der Waals surface area contributed by atoms with Crippen LogP contribution in [0.25, 0.3) is 22.3 Å². The minimum absolute atomic E-state index is 0.777. The van der Waals surface area contributed by atoms with Crippen LogP contribution in [-0.4, -0.2) is 9.97 Å². The molecular formula is C28H16N2S2. The van der Waals surface area contributed by atoms with E-state index in [1.165, 1.54) is 0 Å². The van der Waals surface area contributed by atoms with Gasteiger partial charge >= 0.3 is 0 Å². The lowest BCUT2D eigenvalue weighted by atomic mass is 10.0. The van der Waals surface area contributed by atoms with Crippen LogP contribution in [0.5, 0.6) is 0 Å². The molecule has 0 aliphatic carbocycles. The van der Waals surface area contributed by atoms with Gasteiger partial charge in [0.05, 0.1) is 9.75 Å². The molecule has 0 radical (unpaired) electrons. The van der Waals surface area contributed by atoms with E-state index in [4.69, 9.17) is 0 Å². The second kappa shape index (κ2) is 9.45. The van der Waals surface area contributed by atoms with Gasteiger partial charge in [0.15, 0.2) is 0 Å². The van der Waals surface area contributed by atoms with Gasteiger partial charge in [-0.25, -0.2) is 9.97 Å². The van der Waals surface area contributed by atoms with Crippen molar-refractivity contribution >= 4 is 22.7 Å². The van der Waals surface area contributed by atoms with Gasteiger partial charge < -0.3 is 0 Å². The number of aromatic nitrogens is 2. The van der Waals surface area contributed by atoms with Crippen LogP contribution >= 0.6 is 22.7 Å². The Morgan fingerprint density at radius 1 is 0.500 bits per heavy atom. The molecule has 32 heavy (non-hydrogen) atoms. The first-order chi connectivity index (χ1) is 15.9. The Bertz CT molecular complexity index is 1340. The predicted molar refractivity (Wildman–Crippen MR) is 134 cm³/mol. The van der Waals surface area contributed by atoms with Crippen LogP contribution in [0.2, 0.25) is 0 Å². The number of nitrogens with zero attached hydrogens (tertiary/aromatic N) is 2. The smallest absolute Gasteiger partial charge is 0.113 e. The van der Waals surface area contributed by atoms with Gasteiger partial charge in [-0.2, -0.15) is 0 Å². The van der Waals surface area contributed by atoms with Gasteiger partial charge in [0.2, 0.25) is 0 Å². The van der Waals surface area contributed by atoms with E-state index in [2.05, 4.69) is 80.8 Å². The first kappa shape index (κ1) is 20.0. The highest BCUT2D eigenvalue weighted by Crippen LogP contribution is 2.32. The van der Waals surface area contributed by atoms with E-state index >= 15 is 0 Å². The second-order valence-electron chi connectivity index (χ2n) is 6.83. The molecule has 0 fully saturated rings. The highest BCUT2D eigenvalue weighted by molar-refractivity contribution is 7.11. The summed E-state index contributed by atoms with van der Waals surface area (Å²) >= 11 is 3.30. The fourth-order valence-corrected chi connectivity index (χ4v) is 4.74. The van der Waals surface area contributed by atoms with Gasteiger partial charge in [-0.05, 0) is 82.0 Å². The summed E-state index contributed by atoms with van der Waals surface area (Å²) in [6.45, 7) is 0. The van der Waals surface area contributed by atoms with Crippen molar-refractivity contribution in [3.63, 3.8) is 0 Å². The molecule has 1 aromatic carbocycles. The molecule has 0 atom stereocenters. The normalized spacial score (nSPS) is 10.0. The summed E-state index contributed by atoms with van der Waals surface area (Å²) in [4.78, 5) is 10.6. The van der Waals surface area contributed by atoms with Crippen molar-refractivity contribution in [2.24, 2.45) is 0 Å². The molecule has 5 rings (SSSR count). The lowest BCUT2D eigenvalue weighted by molar-refractivity contribution is 1.29. The Morgan fingerprint density at radius 2 is 0.969 bits per heavy atom. The van der Waals surface area contributed by atoms with Gasteiger partial charge in [0.25, 0.3) is 0 Å². The molecule has 0 saturated carbocycles. The fourth-order valence-electron chi connectivity index (χ4n) is 3.21. The standard InChI is InChI=1S/C28H16N2S2/c1-3-17-29-23(5-1)11-13-27-25(15-19-31-27)21-7-9-22(10-8-21)26-16-20-32-28(26)14-12-24-6-2-4-18-30-24/h1-10,15-20H. The van der Waals surface area contributed by atoms with Crippen molar-refractivity contribution in [3.05, 3.63) is 117 Å². The Balaban J connectivity index is 1.41. The predicted octanol–water partition coefficient (Wildman–Crippen LogP) is 6.73. The molecule has 0 spiro atoms. The van der Waals surface area contributed by atoms with Crippen LogP contribution in [0.1, 0.15) is 21.1 Å². The minimum Gasteiger partial charge on any atom is -0.248 e. The molecule has 0 bridgehead atoms. The topological polar surface area (TPSA) is 25.8 Å². The summed E-state index contributed by atoms with van der Waals surface area (Å²) < 4.78 is 0. The zero-order chi connectivity index (χ0) is 21.6. The molecule has 0 aliphatic rings. The first-order valence-electron chi connectivity index (χ1n) is 9.99. The third-order valence-corrected chi connectivity index (χ3v) is 6.44. The minimum atomic E-state index is 0.777. The molecule has 2 nitrogen and oxygen atoms in total. The molecule has 4 aromatic heterocycles. The van der Waals surface area contributed by atoms with Crippen molar-refractivity contribution in [3.8, 4) is 45.9 Å². The van der Waals surface area contributed by atoms with Gasteiger partial charge in [-0.3, -0.25) is 0 Å². The molecule has 0 aliphatic heterocycles. The monoisotopic (exact) mass is 444 g/mol. The molecule has 4 heteroatoms. The van der Waals surface area contributed by atoms with Crippen molar-refractivity contribution in [2.45, 2.75) is 0 Å². The van der Waals surface area contributed by atoms with E-state index < -0.39 is 0 Å².